The van der Waals surface area contributed by atoms with Crippen molar-refractivity contribution < 1.29 is 48.9 Å². The number of hydrogen-bond donors (Lipinski definition) is 11. The number of carbonyl (C=O) groups is 7. The van der Waals surface area contributed by atoms with Gasteiger partial charge in [-0.25, -0.2) is 0 Å². The average Bonchev–Trinajstić information content (AvgIpc) is 3.08. The summed E-state index contributed by atoms with van der Waals surface area (Å²) in [4.78, 5) is 88.1. The van der Waals surface area contributed by atoms with Crippen LogP contribution in [0.25, 0.3) is 0 Å². The van der Waals surface area contributed by atoms with Gasteiger partial charge in [-0.1, -0.05) is 26.7 Å². The van der Waals surface area contributed by atoms with Gasteiger partial charge in [-0.2, -0.15) is 0 Å². The Balaban J connectivity index is 2.01. The number of carboxylic acids is 2. The van der Waals surface area contributed by atoms with Crippen molar-refractivity contribution in [2.45, 2.75) is 140 Å². The predicted molar refractivity (Wildman–Crippen MR) is 198 cm³/mol. The van der Waals surface area contributed by atoms with Gasteiger partial charge in [0.05, 0.1) is 30.9 Å². The van der Waals surface area contributed by atoms with Crippen LogP contribution in [-0.4, -0.2) is 119 Å². The summed E-state index contributed by atoms with van der Waals surface area (Å²) in [5, 5.41) is 45.4. The molecular formula is C36H64N8O10. The number of carbonyl (C=O) groups excluding carboxylic acids is 5. The Morgan fingerprint density at radius 2 is 1.31 bits per heavy atom. The van der Waals surface area contributed by atoms with Crippen molar-refractivity contribution in [3.8, 4) is 0 Å². The minimum absolute atomic E-state index is 0.0513. The first-order valence-corrected chi connectivity index (χ1v) is 19.3. The molecule has 54 heavy (non-hydrogen) atoms. The van der Waals surface area contributed by atoms with Gasteiger partial charge >= 0.3 is 11.9 Å². The highest BCUT2D eigenvalue weighted by molar-refractivity contribution is 5.85. The highest BCUT2D eigenvalue weighted by Crippen LogP contribution is 2.26. The van der Waals surface area contributed by atoms with Crippen LogP contribution >= 0.6 is 0 Å². The fourth-order valence-electron chi connectivity index (χ4n) is 7.16. The van der Waals surface area contributed by atoms with Gasteiger partial charge in [0, 0.05) is 62.4 Å². The van der Waals surface area contributed by atoms with E-state index in [1.807, 2.05) is 13.8 Å². The van der Waals surface area contributed by atoms with E-state index in [0.29, 0.717) is 58.2 Å². The lowest BCUT2D eigenvalue weighted by Gasteiger charge is -2.33. The molecule has 1 heterocycles. The maximum Gasteiger partial charge on any atom is 0.305 e. The van der Waals surface area contributed by atoms with Crippen LogP contribution in [0.2, 0.25) is 0 Å². The lowest BCUT2D eigenvalue weighted by molar-refractivity contribution is -0.140. The van der Waals surface area contributed by atoms with Gasteiger partial charge in [-0.15, -0.1) is 0 Å². The second-order valence-corrected chi connectivity index (χ2v) is 15.2. The molecular weight excluding hydrogens is 704 g/mol. The zero-order chi connectivity index (χ0) is 40.2. The summed E-state index contributed by atoms with van der Waals surface area (Å²) in [5.41, 5.74) is 11.8. The Morgan fingerprint density at radius 3 is 1.91 bits per heavy atom. The molecule has 1 aliphatic carbocycles. The molecule has 0 aromatic heterocycles. The second-order valence-electron chi connectivity index (χ2n) is 15.2. The highest BCUT2D eigenvalue weighted by atomic mass is 16.4. The van der Waals surface area contributed by atoms with Gasteiger partial charge in [0.25, 0.3) is 0 Å². The van der Waals surface area contributed by atoms with Crippen molar-refractivity contribution in [3.05, 3.63) is 0 Å². The Hall–Kier alpha value is -3.87. The SMILES string of the molecule is CC(C)C[C@@H](CC(=O)N[C@@H](CCC(=O)O)CC(=O)O)NC(=O)[C@@H]1CCCC[C@H]1NC(=O)C[C@H](CCCN)NC(=O)C[C@H](CO)NC(=O)[C@@H]1CNCC[C@H]1N. The predicted octanol–water partition coefficient (Wildman–Crippen LogP) is -1.18. The summed E-state index contributed by atoms with van der Waals surface area (Å²) in [7, 11) is 0. The van der Waals surface area contributed by atoms with E-state index in [1.54, 1.807) is 0 Å². The van der Waals surface area contributed by atoms with Crippen LogP contribution in [0.3, 0.4) is 0 Å². The third-order valence-electron chi connectivity index (χ3n) is 9.90. The van der Waals surface area contributed by atoms with Crippen LogP contribution in [0.15, 0.2) is 0 Å². The molecule has 2 rings (SSSR count). The Bertz CT molecular complexity index is 1250. The normalized spacial score (nSPS) is 22.2. The van der Waals surface area contributed by atoms with Crippen LogP contribution in [0.5, 0.6) is 0 Å². The molecule has 0 bridgehead atoms. The molecule has 2 fully saturated rings. The summed E-state index contributed by atoms with van der Waals surface area (Å²) in [6, 6.07) is -3.71. The van der Waals surface area contributed by atoms with Crippen LogP contribution < -0.4 is 43.4 Å². The summed E-state index contributed by atoms with van der Waals surface area (Å²) in [6.45, 7) is 4.86. The van der Waals surface area contributed by atoms with Crippen LogP contribution in [0.1, 0.15) is 104 Å². The molecule has 308 valence electrons. The minimum Gasteiger partial charge on any atom is -0.481 e. The molecule has 2 aliphatic rings. The fraction of sp³-hybridized carbons (Fsp3) is 0.806. The average molecular weight is 769 g/mol. The van der Waals surface area contributed by atoms with Crippen LogP contribution in [0.4, 0.5) is 0 Å². The first kappa shape index (κ1) is 46.3. The van der Waals surface area contributed by atoms with Gasteiger partial charge in [-0.05, 0) is 64.0 Å². The van der Waals surface area contributed by atoms with Crippen molar-refractivity contribution in [3.63, 3.8) is 0 Å². The first-order valence-electron chi connectivity index (χ1n) is 19.3. The number of aliphatic hydroxyl groups excluding tert-OH is 1. The highest BCUT2D eigenvalue weighted by Gasteiger charge is 2.35. The maximum absolute atomic E-state index is 13.7. The molecule has 0 unspecified atom stereocenters. The first-order chi connectivity index (χ1) is 25.6. The number of hydrogen-bond acceptors (Lipinski definition) is 11. The van der Waals surface area contributed by atoms with Crippen LogP contribution in [0, 0.1) is 17.8 Å². The molecule has 0 aromatic carbocycles. The van der Waals surface area contributed by atoms with E-state index >= 15 is 0 Å². The van der Waals surface area contributed by atoms with Gasteiger partial charge in [0.15, 0.2) is 0 Å². The van der Waals surface area contributed by atoms with Gasteiger partial charge in [-0.3, -0.25) is 33.6 Å². The summed E-state index contributed by atoms with van der Waals surface area (Å²) in [5.74, 6) is -5.23. The zero-order valence-corrected chi connectivity index (χ0v) is 31.8. The molecule has 1 aliphatic heterocycles. The molecule has 0 aromatic rings. The number of aliphatic carboxylic acids is 2. The molecule has 0 radical (unpaired) electrons. The van der Waals surface area contributed by atoms with Crippen molar-refractivity contribution in [1.82, 2.24) is 31.9 Å². The van der Waals surface area contributed by atoms with Gasteiger partial charge in [0.2, 0.25) is 29.5 Å². The summed E-state index contributed by atoms with van der Waals surface area (Å²) < 4.78 is 0. The molecule has 5 amide bonds. The topological polar surface area (TPSA) is 304 Å². The summed E-state index contributed by atoms with van der Waals surface area (Å²) >= 11 is 0. The zero-order valence-electron chi connectivity index (χ0n) is 31.8. The van der Waals surface area contributed by atoms with E-state index in [1.165, 1.54) is 0 Å². The monoisotopic (exact) mass is 768 g/mol. The molecule has 1 saturated heterocycles. The fourth-order valence-corrected chi connectivity index (χ4v) is 7.16. The standard InChI is InChI=1S/C36H64N8O10/c1-21(2)14-24(16-30(46)41-23(18-34(51)52)9-10-33(49)50)42-35(53)26-7-3-4-8-29(26)44-32(48)15-22(6-5-12-37)40-31(47)17-25(20-45)43-36(54)27-19-39-13-11-28(27)38/h21-29,39,45H,3-20,37-38H2,1-2H3,(H,40,47)(H,41,46)(H,42,53)(H,43,54)(H,44,48)(H,49,50)(H,51,52)/t22-,23-,24-,25+,26+,27+,28+,29+/m0/s1. The smallest absolute Gasteiger partial charge is 0.305 e. The van der Waals surface area contributed by atoms with Crippen molar-refractivity contribution in [2.24, 2.45) is 29.2 Å². The van der Waals surface area contributed by atoms with Crippen molar-refractivity contribution >= 4 is 41.5 Å². The Morgan fingerprint density at radius 1 is 0.722 bits per heavy atom. The third kappa shape index (κ3) is 18.0. The van der Waals surface area contributed by atoms with Crippen LogP contribution in [-0.2, 0) is 33.6 Å². The lowest BCUT2D eigenvalue weighted by atomic mass is 9.83. The van der Waals surface area contributed by atoms with Gasteiger partial charge < -0.3 is 58.7 Å². The van der Waals surface area contributed by atoms with E-state index in [9.17, 15) is 43.8 Å². The third-order valence-corrected chi connectivity index (χ3v) is 9.90. The Labute approximate surface area is 317 Å². The largest absolute Gasteiger partial charge is 0.481 e. The number of nitrogens with one attached hydrogen (secondary N) is 6. The molecule has 18 nitrogen and oxygen atoms in total. The lowest BCUT2D eigenvalue weighted by Crippen LogP contribution is -2.54. The van der Waals surface area contributed by atoms with Gasteiger partial charge in [0.1, 0.15) is 0 Å². The van der Waals surface area contributed by atoms with E-state index in [4.69, 9.17) is 16.6 Å². The van der Waals surface area contributed by atoms with E-state index in [-0.39, 0.29) is 61.8 Å². The van der Waals surface area contributed by atoms with E-state index in [2.05, 4.69) is 31.9 Å². The second kappa shape index (κ2) is 24.5. The minimum atomic E-state index is -1.18. The number of amides is 5. The maximum atomic E-state index is 13.7. The van der Waals surface area contributed by atoms with Crippen molar-refractivity contribution in [1.29, 1.82) is 0 Å². The van der Waals surface area contributed by atoms with Crippen molar-refractivity contribution in [2.75, 3.05) is 26.2 Å². The molecule has 13 N–H and O–H groups in total. The summed E-state index contributed by atoms with van der Waals surface area (Å²) in [6.07, 6.45) is 3.43. The van der Waals surface area contributed by atoms with E-state index < -0.39 is 78.8 Å². The Kier molecular flexibility index (Phi) is 21.0. The molecule has 1 saturated carbocycles. The molecule has 8 atom stereocenters. The number of rotatable bonds is 24. The molecule has 18 heteroatoms. The number of aliphatic hydroxyl groups is 1. The number of nitrogens with two attached hydrogens (primary N) is 2. The number of carboxylic acid groups (broad SMARTS) is 2. The molecule has 0 spiro atoms. The quantitative estimate of drug-likeness (QED) is 0.0552. The number of piperidine rings is 1. The van der Waals surface area contributed by atoms with E-state index in [0.717, 1.165) is 12.8 Å².